The molecule has 1 aliphatic heterocycles. The summed E-state index contributed by atoms with van der Waals surface area (Å²) in [5.74, 6) is 0.154. The zero-order valence-electron chi connectivity index (χ0n) is 12.4. The summed E-state index contributed by atoms with van der Waals surface area (Å²) in [4.78, 5) is 13.3. The van der Waals surface area contributed by atoms with Gasteiger partial charge < -0.3 is 10.0 Å². The molecule has 3 heterocycles. The van der Waals surface area contributed by atoms with Gasteiger partial charge in [0.1, 0.15) is 5.82 Å². The molecule has 2 aromatic heterocycles. The van der Waals surface area contributed by atoms with Crippen LogP contribution in [0.4, 0.5) is 19.0 Å². The van der Waals surface area contributed by atoms with E-state index in [1.165, 1.54) is 12.4 Å². The molecule has 0 spiro atoms. The van der Waals surface area contributed by atoms with Crippen LogP contribution in [0.2, 0.25) is 0 Å². The van der Waals surface area contributed by atoms with Crippen molar-refractivity contribution in [3.05, 3.63) is 36.3 Å². The van der Waals surface area contributed by atoms with Gasteiger partial charge in [0.2, 0.25) is 0 Å². The van der Waals surface area contributed by atoms with Crippen LogP contribution >= 0.6 is 0 Å². The van der Waals surface area contributed by atoms with Crippen molar-refractivity contribution in [2.75, 3.05) is 18.0 Å². The summed E-state index contributed by atoms with van der Waals surface area (Å²) in [6, 6.07) is 4.02. The molecule has 3 rings (SSSR count). The molecule has 0 amide bonds. The van der Waals surface area contributed by atoms with Gasteiger partial charge in [0.25, 0.3) is 0 Å². The number of β-amino-alcohol motifs (C(OH)–C–C–N with tert-alkyl or cyclic N) is 1. The quantitative estimate of drug-likeness (QED) is 0.940. The standard InChI is InChI=1S/C15H15F3N4O/c1-2-14(23)8-22(9-14)12-7-11(15(16,17)18)20-13(21-12)10-3-5-19-6-4-10/h3-7,23H,2,8-9H2,1H3. The summed E-state index contributed by atoms with van der Waals surface area (Å²) >= 11 is 0. The van der Waals surface area contributed by atoms with Crippen molar-refractivity contribution in [1.29, 1.82) is 0 Å². The van der Waals surface area contributed by atoms with Gasteiger partial charge in [-0.05, 0) is 18.6 Å². The zero-order valence-corrected chi connectivity index (χ0v) is 12.4. The monoisotopic (exact) mass is 324 g/mol. The molecule has 1 saturated heterocycles. The SMILES string of the molecule is CCC1(O)CN(c2cc(C(F)(F)F)nc(-c3ccncc3)n2)C1. The number of hydrogen-bond donors (Lipinski definition) is 1. The largest absolute Gasteiger partial charge is 0.433 e. The lowest BCUT2D eigenvalue weighted by Gasteiger charge is -2.46. The van der Waals surface area contributed by atoms with E-state index in [2.05, 4.69) is 15.0 Å². The van der Waals surface area contributed by atoms with Crippen molar-refractivity contribution < 1.29 is 18.3 Å². The predicted octanol–water partition coefficient (Wildman–Crippen LogP) is 2.52. The topological polar surface area (TPSA) is 62.1 Å². The molecular weight excluding hydrogens is 309 g/mol. The van der Waals surface area contributed by atoms with E-state index in [4.69, 9.17) is 0 Å². The van der Waals surface area contributed by atoms with E-state index in [1.807, 2.05) is 6.92 Å². The summed E-state index contributed by atoms with van der Waals surface area (Å²) in [6.45, 7) is 2.35. The van der Waals surface area contributed by atoms with E-state index >= 15 is 0 Å². The highest BCUT2D eigenvalue weighted by Crippen LogP contribution is 2.34. The fourth-order valence-corrected chi connectivity index (χ4v) is 2.42. The number of aromatic nitrogens is 3. The number of aliphatic hydroxyl groups is 1. The molecule has 0 aliphatic carbocycles. The minimum absolute atomic E-state index is 0.0100. The molecule has 23 heavy (non-hydrogen) atoms. The third kappa shape index (κ3) is 3.12. The molecule has 0 radical (unpaired) electrons. The van der Waals surface area contributed by atoms with Gasteiger partial charge in [-0.25, -0.2) is 9.97 Å². The van der Waals surface area contributed by atoms with E-state index in [0.717, 1.165) is 6.07 Å². The van der Waals surface area contributed by atoms with Crippen LogP contribution in [0.5, 0.6) is 0 Å². The number of nitrogens with zero attached hydrogens (tertiary/aromatic N) is 4. The molecule has 0 atom stereocenters. The highest BCUT2D eigenvalue weighted by atomic mass is 19.4. The summed E-state index contributed by atoms with van der Waals surface area (Å²) in [7, 11) is 0. The Labute approximate surface area is 130 Å². The first-order valence-corrected chi connectivity index (χ1v) is 7.15. The average Bonchev–Trinajstić information content (AvgIpc) is 2.51. The maximum atomic E-state index is 13.1. The highest BCUT2D eigenvalue weighted by molar-refractivity contribution is 5.58. The van der Waals surface area contributed by atoms with Crippen LogP contribution in [-0.2, 0) is 6.18 Å². The maximum absolute atomic E-state index is 13.1. The Kier molecular flexibility index (Phi) is 3.71. The van der Waals surface area contributed by atoms with Gasteiger partial charge in [-0.3, -0.25) is 4.98 Å². The van der Waals surface area contributed by atoms with E-state index in [9.17, 15) is 18.3 Å². The summed E-state index contributed by atoms with van der Waals surface area (Å²) in [5, 5.41) is 10.1. The molecule has 8 heteroatoms. The number of pyridine rings is 1. The number of alkyl halides is 3. The Morgan fingerprint density at radius 3 is 2.43 bits per heavy atom. The van der Waals surface area contributed by atoms with Crippen molar-refractivity contribution in [3.8, 4) is 11.4 Å². The maximum Gasteiger partial charge on any atom is 0.433 e. The first-order valence-electron chi connectivity index (χ1n) is 7.15. The van der Waals surface area contributed by atoms with E-state index in [1.54, 1.807) is 17.0 Å². The lowest BCUT2D eigenvalue weighted by Crippen LogP contribution is -2.62. The molecule has 5 nitrogen and oxygen atoms in total. The van der Waals surface area contributed by atoms with E-state index in [-0.39, 0.29) is 24.7 Å². The third-order valence-electron chi connectivity index (χ3n) is 3.89. The van der Waals surface area contributed by atoms with Gasteiger partial charge in [0.05, 0.1) is 5.60 Å². The summed E-state index contributed by atoms with van der Waals surface area (Å²) < 4.78 is 39.3. The number of rotatable bonds is 3. The molecule has 2 aromatic rings. The lowest BCUT2D eigenvalue weighted by molar-refractivity contribution is -0.141. The molecule has 1 fully saturated rings. The third-order valence-corrected chi connectivity index (χ3v) is 3.89. The Bertz CT molecular complexity index is 700. The van der Waals surface area contributed by atoms with Gasteiger partial charge in [0, 0.05) is 37.1 Å². The second-order valence-electron chi connectivity index (χ2n) is 5.60. The molecule has 0 unspecified atom stereocenters. The average molecular weight is 324 g/mol. The minimum atomic E-state index is -4.56. The van der Waals surface area contributed by atoms with Crippen LogP contribution in [0.1, 0.15) is 19.0 Å². The first kappa shape index (κ1) is 15.7. The number of halogens is 3. The van der Waals surface area contributed by atoms with Gasteiger partial charge in [-0.15, -0.1) is 0 Å². The van der Waals surface area contributed by atoms with Crippen molar-refractivity contribution >= 4 is 5.82 Å². The van der Waals surface area contributed by atoms with Crippen molar-refractivity contribution in [1.82, 2.24) is 15.0 Å². The summed E-state index contributed by atoms with van der Waals surface area (Å²) in [5.41, 5.74) is -1.40. The molecule has 0 saturated carbocycles. The fraction of sp³-hybridized carbons (Fsp3) is 0.400. The Balaban J connectivity index is 2.00. The Hall–Kier alpha value is -2.22. The van der Waals surface area contributed by atoms with Crippen LogP contribution in [0.3, 0.4) is 0 Å². The first-order chi connectivity index (χ1) is 10.8. The lowest BCUT2D eigenvalue weighted by atomic mass is 9.91. The normalized spacial score (nSPS) is 17.0. The second kappa shape index (κ2) is 5.45. The summed E-state index contributed by atoms with van der Waals surface area (Å²) in [6.07, 6.45) is -1.08. The molecule has 0 aromatic carbocycles. The fourth-order valence-electron chi connectivity index (χ4n) is 2.42. The molecule has 122 valence electrons. The van der Waals surface area contributed by atoms with E-state index < -0.39 is 17.5 Å². The second-order valence-corrected chi connectivity index (χ2v) is 5.60. The van der Waals surface area contributed by atoms with Crippen molar-refractivity contribution in [2.45, 2.75) is 25.1 Å². The number of anilines is 1. The molecule has 1 N–H and O–H groups in total. The Morgan fingerprint density at radius 1 is 1.22 bits per heavy atom. The van der Waals surface area contributed by atoms with Gasteiger partial charge in [0.15, 0.2) is 11.5 Å². The Morgan fingerprint density at radius 2 is 1.87 bits per heavy atom. The highest BCUT2D eigenvalue weighted by Gasteiger charge is 2.41. The van der Waals surface area contributed by atoms with Crippen molar-refractivity contribution in [3.63, 3.8) is 0 Å². The van der Waals surface area contributed by atoms with Crippen LogP contribution in [0.15, 0.2) is 30.6 Å². The number of hydrogen-bond acceptors (Lipinski definition) is 5. The minimum Gasteiger partial charge on any atom is -0.386 e. The zero-order chi connectivity index (χ0) is 16.7. The van der Waals surface area contributed by atoms with Crippen LogP contribution in [0, 0.1) is 0 Å². The molecular formula is C15H15F3N4O. The molecule has 0 bridgehead atoms. The van der Waals surface area contributed by atoms with Gasteiger partial charge in [-0.2, -0.15) is 13.2 Å². The van der Waals surface area contributed by atoms with Gasteiger partial charge >= 0.3 is 6.18 Å². The van der Waals surface area contributed by atoms with Gasteiger partial charge in [-0.1, -0.05) is 6.92 Å². The predicted molar refractivity (Wildman–Crippen MR) is 77.7 cm³/mol. The van der Waals surface area contributed by atoms with Crippen LogP contribution < -0.4 is 4.90 Å². The van der Waals surface area contributed by atoms with Crippen LogP contribution in [-0.4, -0.2) is 38.7 Å². The smallest absolute Gasteiger partial charge is 0.386 e. The van der Waals surface area contributed by atoms with Crippen molar-refractivity contribution in [2.24, 2.45) is 0 Å². The molecule has 1 aliphatic rings. The van der Waals surface area contributed by atoms with E-state index in [0.29, 0.717) is 12.0 Å². The van der Waals surface area contributed by atoms with Crippen LogP contribution in [0.25, 0.3) is 11.4 Å².